The lowest BCUT2D eigenvalue weighted by Gasteiger charge is -2.31. The van der Waals surface area contributed by atoms with Crippen molar-refractivity contribution in [3.63, 3.8) is 0 Å². The van der Waals surface area contributed by atoms with Crippen LogP contribution in [0.3, 0.4) is 0 Å². The summed E-state index contributed by atoms with van der Waals surface area (Å²) in [7, 11) is 0. The summed E-state index contributed by atoms with van der Waals surface area (Å²) in [5.41, 5.74) is -0.138. The van der Waals surface area contributed by atoms with E-state index in [2.05, 4.69) is 22.0 Å². The molecule has 0 aliphatic heterocycles. The molecule has 0 radical (unpaired) electrons. The van der Waals surface area contributed by atoms with Crippen LogP contribution in [0.1, 0.15) is 50.2 Å². The highest BCUT2D eigenvalue weighted by atomic mass is 79.9. The molecule has 0 bridgehead atoms. The zero-order valence-electron chi connectivity index (χ0n) is 10.7. The van der Waals surface area contributed by atoms with Crippen LogP contribution in [0, 0.1) is 22.6 Å². The molecule has 2 rings (SSSR count). The van der Waals surface area contributed by atoms with E-state index in [1.165, 1.54) is 12.1 Å². The highest BCUT2D eigenvalue weighted by molar-refractivity contribution is 9.10. The van der Waals surface area contributed by atoms with Gasteiger partial charge in [0.2, 0.25) is 0 Å². The van der Waals surface area contributed by atoms with Gasteiger partial charge in [-0.25, -0.2) is 4.39 Å². The number of rotatable bonds is 2. The highest BCUT2D eigenvalue weighted by Gasteiger charge is 2.40. The number of benzene rings is 1. The molecule has 1 aromatic rings. The Morgan fingerprint density at radius 2 is 1.89 bits per heavy atom. The predicted octanol–water partition coefficient (Wildman–Crippen LogP) is 4.49. The number of halogens is 2. The van der Waals surface area contributed by atoms with Crippen molar-refractivity contribution in [3.05, 3.63) is 34.1 Å². The van der Waals surface area contributed by atoms with Crippen LogP contribution >= 0.6 is 15.9 Å². The minimum atomic E-state index is -0.870. The van der Waals surface area contributed by atoms with E-state index >= 15 is 0 Å². The van der Waals surface area contributed by atoms with Gasteiger partial charge in [-0.1, -0.05) is 47.7 Å². The Morgan fingerprint density at radius 1 is 1.26 bits per heavy atom. The van der Waals surface area contributed by atoms with Crippen LogP contribution in [-0.4, -0.2) is 5.11 Å². The number of hydrogen-bond acceptors (Lipinski definition) is 2. The molecule has 0 saturated heterocycles. The van der Waals surface area contributed by atoms with Crippen molar-refractivity contribution in [2.75, 3.05) is 0 Å². The Labute approximate surface area is 121 Å². The summed E-state index contributed by atoms with van der Waals surface area (Å²) in [6, 6.07) is 6.55. The maximum Gasteiger partial charge on any atom is 0.124 e. The number of aliphatic hydroxyl groups excluding tert-OH is 1. The van der Waals surface area contributed by atoms with E-state index in [0.29, 0.717) is 22.9 Å². The maximum absolute atomic E-state index is 13.1. The summed E-state index contributed by atoms with van der Waals surface area (Å²) in [6.07, 6.45) is 4.68. The quantitative estimate of drug-likeness (QED) is 0.814. The topological polar surface area (TPSA) is 44.0 Å². The first-order chi connectivity index (χ1) is 9.09. The average Bonchev–Trinajstić information content (AvgIpc) is 2.64. The lowest BCUT2D eigenvalue weighted by Crippen LogP contribution is -2.27. The molecule has 4 heteroatoms. The lowest BCUT2D eigenvalue weighted by atomic mass is 9.74. The summed E-state index contributed by atoms with van der Waals surface area (Å²) < 4.78 is 13.6. The molecule has 1 atom stereocenters. The first-order valence-corrected chi connectivity index (χ1v) is 7.43. The molecule has 2 nitrogen and oxygen atoms in total. The summed E-state index contributed by atoms with van der Waals surface area (Å²) in [5, 5.41) is 20.2. The Hall–Kier alpha value is -0.920. The van der Waals surface area contributed by atoms with E-state index < -0.39 is 11.5 Å². The Morgan fingerprint density at radius 3 is 2.42 bits per heavy atom. The Balaban J connectivity index is 2.34. The van der Waals surface area contributed by atoms with Crippen LogP contribution in [0.2, 0.25) is 0 Å². The number of nitrogens with zero attached hydrogens (tertiary/aromatic N) is 1. The molecule has 19 heavy (non-hydrogen) atoms. The minimum Gasteiger partial charge on any atom is -0.387 e. The van der Waals surface area contributed by atoms with E-state index in [0.717, 1.165) is 25.7 Å². The smallest absolute Gasteiger partial charge is 0.124 e. The third kappa shape index (κ3) is 2.98. The van der Waals surface area contributed by atoms with Gasteiger partial charge in [0.25, 0.3) is 0 Å². The van der Waals surface area contributed by atoms with E-state index in [1.54, 1.807) is 6.07 Å². The molecule has 0 aromatic heterocycles. The standard InChI is InChI=1S/C15H17BrFNO/c16-13-9-11(17)5-6-12(13)14(19)15(10-18)7-3-1-2-4-8-15/h5-6,9,14,19H,1-4,7-8H2. The third-order valence-corrected chi connectivity index (χ3v) is 4.69. The fraction of sp³-hybridized carbons (Fsp3) is 0.533. The fourth-order valence-electron chi connectivity index (χ4n) is 2.83. The van der Waals surface area contributed by atoms with Crippen molar-refractivity contribution >= 4 is 15.9 Å². The Bertz CT molecular complexity index is 489. The second-order valence-electron chi connectivity index (χ2n) is 5.25. The average molecular weight is 326 g/mol. The molecule has 0 heterocycles. The van der Waals surface area contributed by atoms with Gasteiger partial charge < -0.3 is 5.11 Å². The van der Waals surface area contributed by atoms with Gasteiger partial charge in [-0.2, -0.15) is 5.26 Å². The molecule has 1 saturated carbocycles. The monoisotopic (exact) mass is 325 g/mol. The van der Waals surface area contributed by atoms with Gasteiger partial charge >= 0.3 is 0 Å². The van der Waals surface area contributed by atoms with Crippen LogP contribution in [0.15, 0.2) is 22.7 Å². The van der Waals surface area contributed by atoms with Crippen LogP contribution in [0.4, 0.5) is 4.39 Å². The first-order valence-electron chi connectivity index (χ1n) is 6.63. The first kappa shape index (κ1) is 14.5. The molecule has 1 N–H and O–H groups in total. The molecule has 1 aliphatic rings. The zero-order chi connectivity index (χ0) is 13.9. The molecular formula is C15H17BrFNO. The molecule has 0 spiro atoms. The number of hydrogen-bond donors (Lipinski definition) is 1. The van der Waals surface area contributed by atoms with Gasteiger partial charge in [-0.05, 0) is 30.5 Å². The van der Waals surface area contributed by atoms with Crippen LogP contribution in [0.5, 0.6) is 0 Å². The Kier molecular flexibility index (Phi) is 4.59. The van der Waals surface area contributed by atoms with Crippen molar-refractivity contribution in [2.24, 2.45) is 5.41 Å². The summed E-state index contributed by atoms with van der Waals surface area (Å²) in [4.78, 5) is 0. The van der Waals surface area contributed by atoms with Crippen molar-refractivity contribution < 1.29 is 9.50 Å². The molecular weight excluding hydrogens is 309 g/mol. The zero-order valence-corrected chi connectivity index (χ0v) is 12.3. The van der Waals surface area contributed by atoms with Gasteiger partial charge in [-0.15, -0.1) is 0 Å². The molecule has 1 fully saturated rings. The summed E-state index contributed by atoms with van der Waals surface area (Å²) in [6.45, 7) is 0. The second-order valence-corrected chi connectivity index (χ2v) is 6.10. The van der Waals surface area contributed by atoms with Crippen LogP contribution < -0.4 is 0 Å². The fourth-order valence-corrected chi connectivity index (χ4v) is 3.39. The summed E-state index contributed by atoms with van der Waals surface area (Å²) in [5.74, 6) is -0.352. The van der Waals surface area contributed by atoms with Gasteiger partial charge in [0.05, 0.1) is 17.6 Å². The van der Waals surface area contributed by atoms with Crippen LogP contribution in [-0.2, 0) is 0 Å². The lowest BCUT2D eigenvalue weighted by molar-refractivity contribution is 0.0510. The minimum absolute atomic E-state index is 0.352. The van der Waals surface area contributed by atoms with E-state index in [9.17, 15) is 14.8 Å². The highest BCUT2D eigenvalue weighted by Crippen LogP contribution is 2.46. The van der Waals surface area contributed by atoms with Crippen molar-refractivity contribution in [2.45, 2.75) is 44.6 Å². The third-order valence-electron chi connectivity index (χ3n) is 4.00. The van der Waals surface area contributed by atoms with E-state index in [1.807, 2.05) is 0 Å². The summed E-state index contributed by atoms with van der Waals surface area (Å²) >= 11 is 3.28. The molecule has 1 aromatic carbocycles. The second kappa shape index (κ2) is 6.02. The van der Waals surface area contributed by atoms with Gasteiger partial charge in [0, 0.05) is 4.47 Å². The largest absolute Gasteiger partial charge is 0.387 e. The van der Waals surface area contributed by atoms with Gasteiger partial charge in [-0.3, -0.25) is 0 Å². The number of aliphatic hydroxyl groups is 1. The number of nitriles is 1. The van der Waals surface area contributed by atoms with Gasteiger partial charge in [0.1, 0.15) is 5.82 Å². The van der Waals surface area contributed by atoms with Crippen molar-refractivity contribution in [1.29, 1.82) is 5.26 Å². The van der Waals surface area contributed by atoms with Crippen molar-refractivity contribution in [1.82, 2.24) is 0 Å². The van der Waals surface area contributed by atoms with E-state index in [-0.39, 0.29) is 5.82 Å². The van der Waals surface area contributed by atoms with Crippen molar-refractivity contribution in [3.8, 4) is 6.07 Å². The maximum atomic E-state index is 13.1. The molecule has 102 valence electrons. The molecule has 0 amide bonds. The SMILES string of the molecule is N#CC1(C(O)c2ccc(F)cc2Br)CCCCCC1. The van der Waals surface area contributed by atoms with Gasteiger partial charge in [0.15, 0.2) is 0 Å². The van der Waals surface area contributed by atoms with E-state index in [4.69, 9.17) is 0 Å². The predicted molar refractivity (Wildman–Crippen MR) is 74.8 cm³/mol. The normalized spacial score (nSPS) is 20.3. The van der Waals surface area contributed by atoms with Crippen LogP contribution in [0.25, 0.3) is 0 Å². The molecule has 1 aliphatic carbocycles. The molecule has 1 unspecified atom stereocenters.